The van der Waals surface area contributed by atoms with Gasteiger partial charge in [-0.05, 0) is 24.1 Å². The fourth-order valence-corrected chi connectivity index (χ4v) is 1.79. The lowest BCUT2D eigenvalue weighted by atomic mass is 10.0. The fourth-order valence-electron chi connectivity index (χ4n) is 1.51. The Morgan fingerprint density at radius 3 is 2.56 bits per heavy atom. The highest BCUT2D eigenvalue weighted by Crippen LogP contribution is 2.27. The molecule has 0 aliphatic carbocycles. The highest BCUT2D eigenvalue weighted by atomic mass is 35.5. The molecule has 0 heterocycles. The van der Waals surface area contributed by atoms with Crippen molar-refractivity contribution < 1.29 is 23.0 Å². The third-order valence-corrected chi connectivity index (χ3v) is 2.73. The third kappa shape index (κ3) is 3.84. The molecule has 6 heteroatoms. The Labute approximate surface area is 109 Å². The standard InChI is InChI=1S/C12H13ClF2O3/c1-7-3-8(5-11(16)17-2)10(18-12(14)15)4-9(7)6-13/h3-4,12H,5-6H2,1-2H3. The van der Waals surface area contributed by atoms with Crippen LogP contribution in [0.25, 0.3) is 0 Å². The van der Waals surface area contributed by atoms with Crippen LogP contribution in [0.2, 0.25) is 0 Å². The summed E-state index contributed by atoms with van der Waals surface area (Å²) in [5.74, 6) is -0.381. The monoisotopic (exact) mass is 278 g/mol. The first-order valence-electron chi connectivity index (χ1n) is 5.18. The van der Waals surface area contributed by atoms with Gasteiger partial charge in [0.1, 0.15) is 5.75 Å². The molecule has 0 aromatic heterocycles. The average Bonchev–Trinajstić information content (AvgIpc) is 2.31. The summed E-state index contributed by atoms with van der Waals surface area (Å²) in [6.45, 7) is -1.17. The number of carbonyl (C=O) groups is 1. The van der Waals surface area contributed by atoms with Crippen LogP contribution in [0, 0.1) is 6.92 Å². The minimum atomic E-state index is -2.95. The van der Waals surface area contributed by atoms with E-state index in [4.69, 9.17) is 11.6 Å². The lowest BCUT2D eigenvalue weighted by Crippen LogP contribution is -2.10. The number of alkyl halides is 3. The molecule has 3 nitrogen and oxygen atoms in total. The summed E-state index contributed by atoms with van der Waals surface area (Å²) in [6, 6.07) is 3.03. The Kier molecular flexibility index (Phi) is 5.34. The predicted molar refractivity (Wildman–Crippen MR) is 63.1 cm³/mol. The van der Waals surface area contributed by atoms with Gasteiger partial charge in [-0.25, -0.2) is 0 Å². The molecular formula is C12H13ClF2O3. The minimum absolute atomic E-state index is 0.0448. The first-order chi connectivity index (χ1) is 8.47. The fraction of sp³-hybridized carbons (Fsp3) is 0.417. The van der Waals surface area contributed by atoms with Crippen molar-refractivity contribution >= 4 is 17.6 Å². The second-order valence-electron chi connectivity index (χ2n) is 3.65. The molecule has 0 radical (unpaired) electrons. The molecule has 0 bridgehead atoms. The first kappa shape index (κ1) is 14.7. The molecule has 0 aliphatic heterocycles. The SMILES string of the molecule is COC(=O)Cc1cc(C)c(CCl)cc1OC(F)F. The van der Waals surface area contributed by atoms with Crippen LogP contribution < -0.4 is 4.74 Å². The van der Waals surface area contributed by atoms with Gasteiger partial charge in [0.15, 0.2) is 0 Å². The summed E-state index contributed by atoms with van der Waals surface area (Å²) < 4.78 is 33.5. The largest absolute Gasteiger partial charge is 0.469 e. The highest BCUT2D eigenvalue weighted by molar-refractivity contribution is 6.17. The highest BCUT2D eigenvalue weighted by Gasteiger charge is 2.15. The van der Waals surface area contributed by atoms with Crippen molar-refractivity contribution in [2.24, 2.45) is 0 Å². The molecular weight excluding hydrogens is 266 g/mol. The van der Waals surface area contributed by atoms with E-state index in [9.17, 15) is 13.6 Å². The molecule has 18 heavy (non-hydrogen) atoms. The molecule has 100 valence electrons. The summed E-state index contributed by atoms with van der Waals surface area (Å²) in [5, 5.41) is 0. The second-order valence-corrected chi connectivity index (χ2v) is 3.92. The van der Waals surface area contributed by atoms with Gasteiger partial charge in [0.25, 0.3) is 0 Å². The van der Waals surface area contributed by atoms with Crippen LogP contribution in [0.5, 0.6) is 5.75 Å². The molecule has 1 aromatic carbocycles. The summed E-state index contributed by atoms with van der Waals surface area (Å²) in [5.41, 5.74) is 1.85. The van der Waals surface area contributed by atoms with E-state index in [1.807, 2.05) is 0 Å². The maximum Gasteiger partial charge on any atom is 0.387 e. The maximum atomic E-state index is 12.3. The Balaban J connectivity index is 3.12. The quantitative estimate of drug-likeness (QED) is 0.613. The topological polar surface area (TPSA) is 35.5 Å². The third-order valence-electron chi connectivity index (χ3n) is 2.44. The van der Waals surface area contributed by atoms with Crippen molar-refractivity contribution in [1.82, 2.24) is 0 Å². The van der Waals surface area contributed by atoms with Crippen molar-refractivity contribution in [2.45, 2.75) is 25.8 Å². The maximum absolute atomic E-state index is 12.3. The number of esters is 1. The molecule has 0 aliphatic rings. The minimum Gasteiger partial charge on any atom is -0.469 e. The lowest BCUT2D eigenvalue weighted by molar-refractivity contribution is -0.139. The van der Waals surface area contributed by atoms with Gasteiger partial charge in [-0.1, -0.05) is 6.07 Å². The van der Waals surface area contributed by atoms with Gasteiger partial charge in [0.05, 0.1) is 13.5 Å². The molecule has 0 atom stereocenters. The molecule has 0 amide bonds. The molecule has 0 spiro atoms. The zero-order valence-corrected chi connectivity index (χ0v) is 10.8. The van der Waals surface area contributed by atoms with Crippen LogP contribution >= 0.6 is 11.6 Å². The van der Waals surface area contributed by atoms with E-state index < -0.39 is 12.6 Å². The van der Waals surface area contributed by atoms with Crippen LogP contribution in [-0.2, 0) is 21.8 Å². The molecule has 1 aromatic rings. The molecule has 0 saturated heterocycles. The number of methoxy groups -OCH3 is 1. The predicted octanol–water partition coefficient (Wildman–Crippen LogP) is 3.05. The summed E-state index contributed by atoms with van der Waals surface area (Å²) in [4.78, 5) is 11.2. The van der Waals surface area contributed by atoms with Gasteiger partial charge in [-0.3, -0.25) is 4.79 Å². The number of halogens is 3. The summed E-state index contributed by atoms with van der Waals surface area (Å²) in [7, 11) is 1.23. The molecule has 0 fully saturated rings. The Morgan fingerprint density at radius 2 is 2.06 bits per heavy atom. The number of rotatable bonds is 5. The Bertz CT molecular complexity index is 436. The Hall–Kier alpha value is -1.36. The zero-order chi connectivity index (χ0) is 13.7. The lowest BCUT2D eigenvalue weighted by Gasteiger charge is -2.13. The van der Waals surface area contributed by atoms with E-state index in [0.29, 0.717) is 11.1 Å². The van der Waals surface area contributed by atoms with Crippen LogP contribution in [0.4, 0.5) is 8.78 Å². The number of benzene rings is 1. The zero-order valence-electron chi connectivity index (χ0n) is 10.0. The first-order valence-corrected chi connectivity index (χ1v) is 5.71. The van der Waals surface area contributed by atoms with Crippen molar-refractivity contribution in [1.29, 1.82) is 0 Å². The van der Waals surface area contributed by atoms with E-state index in [-0.39, 0.29) is 18.1 Å². The normalized spacial score (nSPS) is 10.6. The van der Waals surface area contributed by atoms with Gasteiger partial charge in [-0.15, -0.1) is 11.6 Å². The van der Waals surface area contributed by atoms with Crippen LogP contribution in [0.15, 0.2) is 12.1 Å². The Morgan fingerprint density at radius 1 is 1.39 bits per heavy atom. The molecule has 0 saturated carbocycles. The second kappa shape index (κ2) is 6.54. The number of carbonyl (C=O) groups excluding carboxylic acids is 1. The smallest absolute Gasteiger partial charge is 0.387 e. The van der Waals surface area contributed by atoms with Crippen LogP contribution in [0.3, 0.4) is 0 Å². The van der Waals surface area contributed by atoms with Crippen molar-refractivity contribution in [2.75, 3.05) is 7.11 Å². The molecule has 0 unspecified atom stereocenters. The molecule has 1 rings (SSSR count). The summed E-state index contributed by atoms with van der Waals surface area (Å²) >= 11 is 5.69. The average molecular weight is 279 g/mol. The van der Waals surface area contributed by atoms with Gasteiger partial charge >= 0.3 is 12.6 Å². The van der Waals surface area contributed by atoms with E-state index in [1.54, 1.807) is 13.0 Å². The number of hydrogen-bond donors (Lipinski definition) is 0. The molecule has 0 N–H and O–H groups in total. The van der Waals surface area contributed by atoms with Gasteiger partial charge in [0.2, 0.25) is 0 Å². The van der Waals surface area contributed by atoms with Crippen LogP contribution in [-0.4, -0.2) is 19.7 Å². The van der Waals surface area contributed by atoms with Crippen molar-refractivity contribution in [3.05, 3.63) is 28.8 Å². The number of aryl methyl sites for hydroxylation is 1. The van der Waals surface area contributed by atoms with E-state index >= 15 is 0 Å². The van der Waals surface area contributed by atoms with E-state index in [0.717, 1.165) is 5.56 Å². The van der Waals surface area contributed by atoms with Crippen molar-refractivity contribution in [3.8, 4) is 5.75 Å². The van der Waals surface area contributed by atoms with Crippen molar-refractivity contribution in [3.63, 3.8) is 0 Å². The number of hydrogen-bond acceptors (Lipinski definition) is 3. The van der Waals surface area contributed by atoms with Gasteiger partial charge in [0, 0.05) is 11.4 Å². The number of ether oxygens (including phenoxy) is 2. The van der Waals surface area contributed by atoms with E-state index in [2.05, 4.69) is 9.47 Å². The van der Waals surface area contributed by atoms with Crippen LogP contribution in [0.1, 0.15) is 16.7 Å². The summed E-state index contributed by atoms with van der Waals surface area (Å²) in [6.07, 6.45) is -0.123. The van der Waals surface area contributed by atoms with E-state index in [1.165, 1.54) is 13.2 Å². The van der Waals surface area contributed by atoms with Gasteiger partial charge in [-0.2, -0.15) is 8.78 Å². The van der Waals surface area contributed by atoms with Gasteiger partial charge < -0.3 is 9.47 Å².